The van der Waals surface area contributed by atoms with Gasteiger partial charge >= 0.3 is 0 Å². The highest BCUT2D eigenvalue weighted by atomic mass is 32.2. The number of hydrogen-bond donors (Lipinski definition) is 1. The van der Waals surface area contributed by atoms with Crippen LogP contribution in [-0.2, 0) is 14.8 Å². The first kappa shape index (κ1) is 18.6. The zero-order valence-electron chi connectivity index (χ0n) is 15.1. The number of sulfonamides is 1. The molecule has 0 spiro atoms. The molecule has 0 bridgehead atoms. The Labute approximate surface area is 147 Å². The maximum Gasteiger partial charge on any atom is 0.214 e. The van der Waals surface area contributed by atoms with Crippen LogP contribution in [0.5, 0.6) is 0 Å². The van der Waals surface area contributed by atoms with Crippen molar-refractivity contribution in [1.82, 2.24) is 9.62 Å². The fourth-order valence-corrected chi connectivity index (χ4v) is 6.04. The molecule has 3 fully saturated rings. The number of hydrogen-bond acceptors (Lipinski definition) is 4. The van der Waals surface area contributed by atoms with Crippen LogP contribution < -0.4 is 5.32 Å². The van der Waals surface area contributed by atoms with E-state index in [2.05, 4.69) is 5.32 Å². The Morgan fingerprint density at radius 3 is 2.50 bits per heavy atom. The summed E-state index contributed by atoms with van der Waals surface area (Å²) in [6.07, 6.45) is 7.97. The molecule has 0 unspecified atom stereocenters. The highest BCUT2D eigenvalue weighted by Crippen LogP contribution is 2.49. The maximum atomic E-state index is 12.1. The van der Waals surface area contributed by atoms with E-state index in [0.717, 1.165) is 37.2 Å². The minimum Gasteiger partial charge on any atom is -0.378 e. The summed E-state index contributed by atoms with van der Waals surface area (Å²) in [6.45, 7) is 6.44. The Hall–Kier alpha value is -0.170. The molecule has 3 rings (SSSR count). The monoisotopic (exact) mass is 358 g/mol. The molecule has 0 aromatic carbocycles. The fraction of sp³-hybridized carbons (Fsp3) is 1.00. The lowest BCUT2D eigenvalue weighted by molar-refractivity contribution is 0.0174. The van der Waals surface area contributed by atoms with Gasteiger partial charge in [-0.05, 0) is 75.8 Å². The van der Waals surface area contributed by atoms with Crippen molar-refractivity contribution < 1.29 is 13.2 Å². The van der Waals surface area contributed by atoms with Gasteiger partial charge < -0.3 is 10.1 Å². The fourth-order valence-electron chi connectivity index (χ4n) is 4.50. The van der Waals surface area contributed by atoms with Gasteiger partial charge in [0.15, 0.2) is 0 Å². The standard InChI is InChI=1S/C18H34N2O3S/c1-2-13-24(21,22)20-10-5-17(6-11-20)23-12-7-16-14-18(16)15-3-8-19-9-4-15/h15-19H,2-14H2,1H3/t16-,18-/m1/s1. The number of rotatable bonds is 8. The lowest BCUT2D eigenvalue weighted by Gasteiger charge is -2.31. The summed E-state index contributed by atoms with van der Waals surface area (Å²) in [5.41, 5.74) is 0. The van der Waals surface area contributed by atoms with E-state index < -0.39 is 10.0 Å². The van der Waals surface area contributed by atoms with Gasteiger partial charge in [0, 0.05) is 19.7 Å². The van der Waals surface area contributed by atoms with Crippen LogP contribution in [0.3, 0.4) is 0 Å². The van der Waals surface area contributed by atoms with Gasteiger partial charge in [0.25, 0.3) is 0 Å². The summed E-state index contributed by atoms with van der Waals surface area (Å²) >= 11 is 0. The van der Waals surface area contributed by atoms with Crippen molar-refractivity contribution >= 4 is 10.0 Å². The van der Waals surface area contributed by atoms with E-state index in [0.29, 0.717) is 19.5 Å². The highest BCUT2D eigenvalue weighted by Gasteiger charge is 2.42. The number of ether oxygens (including phenoxy) is 1. The largest absolute Gasteiger partial charge is 0.378 e. The third-order valence-corrected chi connectivity index (χ3v) is 8.14. The first-order valence-corrected chi connectivity index (χ1v) is 11.5. The van der Waals surface area contributed by atoms with Crippen molar-refractivity contribution in [1.29, 1.82) is 0 Å². The van der Waals surface area contributed by atoms with Gasteiger partial charge in [0.1, 0.15) is 0 Å². The molecular formula is C18H34N2O3S. The molecule has 1 aliphatic carbocycles. The topological polar surface area (TPSA) is 58.6 Å². The van der Waals surface area contributed by atoms with Crippen LogP contribution in [0.4, 0.5) is 0 Å². The Morgan fingerprint density at radius 2 is 1.83 bits per heavy atom. The van der Waals surface area contributed by atoms with E-state index in [1.807, 2.05) is 6.92 Å². The Balaban J connectivity index is 1.29. The predicted octanol–water partition coefficient (Wildman–Crippen LogP) is 2.23. The molecule has 1 N–H and O–H groups in total. The van der Waals surface area contributed by atoms with Gasteiger partial charge in [-0.1, -0.05) is 6.92 Å². The summed E-state index contributed by atoms with van der Waals surface area (Å²) in [5.74, 6) is 3.07. The minimum atomic E-state index is -3.03. The van der Waals surface area contributed by atoms with Gasteiger partial charge in [0.2, 0.25) is 10.0 Å². The summed E-state index contributed by atoms with van der Waals surface area (Å²) in [6, 6.07) is 0. The molecule has 3 aliphatic rings. The molecule has 2 aliphatic heterocycles. The highest BCUT2D eigenvalue weighted by molar-refractivity contribution is 7.89. The average molecular weight is 359 g/mol. The van der Waals surface area contributed by atoms with Crippen LogP contribution in [0.1, 0.15) is 51.9 Å². The molecule has 2 saturated heterocycles. The van der Waals surface area contributed by atoms with Crippen LogP contribution in [0.15, 0.2) is 0 Å². The number of nitrogens with zero attached hydrogens (tertiary/aromatic N) is 1. The van der Waals surface area contributed by atoms with Crippen molar-refractivity contribution in [2.75, 3.05) is 38.5 Å². The second-order valence-electron chi connectivity index (χ2n) is 7.82. The van der Waals surface area contributed by atoms with E-state index in [1.54, 1.807) is 4.31 Å². The number of piperidine rings is 2. The quantitative estimate of drug-likeness (QED) is 0.723. The molecule has 2 atom stereocenters. The molecule has 1 saturated carbocycles. The third-order valence-electron chi connectivity index (χ3n) is 6.07. The van der Waals surface area contributed by atoms with Gasteiger partial charge in [-0.2, -0.15) is 0 Å². The van der Waals surface area contributed by atoms with Crippen molar-refractivity contribution in [2.24, 2.45) is 17.8 Å². The Kier molecular flexibility index (Phi) is 6.57. The molecule has 0 aromatic rings. The molecule has 5 nitrogen and oxygen atoms in total. The molecule has 0 amide bonds. The molecule has 0 radical (unpaired) electrons. The smallest absolute Gasteiger partial charge is 0.214 e. The second kappa shape index (κ2) is 8.47. The summed E-state index contributed by atoms with van der Waals surface area (Å²) < 4.78 is 31.9. The Morgan fingerprint density at radius 1 is 1.12 bits per heavy atom. The van der Waals surface area contributed by atoms with E-state index in [9.17, 15) is 8.42 Å². The van der Waals surface area contributed by atoms with Gasteiger partial charge in [0.05, 0.1) is 11.9 Å². The lowest BCUT2D eigenvalue weighted by atomic mass is 9.91. The molecule has 140 valence electrons. The van der Waals surface area contributed by atoms with Gasteiger partial charge in [-0.3, -0.25) is 0 Å². The normalized spacial score (nSPS) is 30.5. The maximum absolute atomic E-state index is 12.1. The first-order valence-electron chi connectivity index (χ1n) is 9.90. The van der Waals surface area contributed by atoms with Crippen molar-refractivity contribution in [3.05, 3.63) is 0 Å². The summed E-state index contributed by atoms with van der Waals surface area (Å²) in [7, 11) is -3.03. The molecule has 6 heteroatoms. The lowest BCUT2D eigenvalue weighted by Crippen LogP contribution is -2.41. The third kappa shape index (κ3) is 4.93. The van der Waals surface area contributed by atoms with Gasteiger partial charge in [-0.15, -0.1) is 0 Å². The second-order valence-corrected chi connectivity index (χ2v) is 9.91. The van der Waals surface area contributed by atoms with Crippen LogP contribution in [0.25, 0.3) is 0 Å². The SMILES string of the molecule is CCCS(=O)(=O)N1CCC(OCC[C@@H]2C[C@@H]2C2CCNCC2)CC1. The van der Waals surface area contributed by atoms with E-state index >= 15 is 0 Å². The molecule has 24 heavy (non-hydrogen) atoms. The predicted molar refractivity (Wildman–Crippen MR) is 96.4 cm³/mol. The van der Waals surface area contributed by atoms with E-state index in [4.69, 9.17) is 4.74 Å². The van der Waals surface area contributed by atoms with Crippen molar-refractivity contribution in [2.45, 2.75) is 58.0 Å². The number of nitrogens with one attached hydrogen (secondary N) is 1. The van der Waals surface area contributed by atoms with Crippen LogP contribution in [0.2, 0.25) is 0 Å². The summed E-state index contributed by atoms with van der Waals surface area (Å²) in [5, 5.41) is 3.45. The van der Waals surface area contributed by atoms with Crippen LogP contribution in [-0.4, -0.2) is 57.4 Å². The van der Waals surface area contributed by atoms with E-state index in [1.165, 1.54) is 38.8 Å². The average Bonchev–Trinajstić information content (AvgIpc) is 3.36. The molecule has 0 aromatic heterocycles. The minimum absolute atomic E-state index is 0.258. The first-order chi connectivity index (χ1) is 11.6. The van der Waals surface area contributed by atoms with E-state index in [-0.39, 0.29) is 11.9 Å². The summed E-state index contributed by atoms with van der Waals surface area (Å²) in [4.78, 5) is 0. The zero-order valence-corrected chi connectivity index (χ0v) is 15.9. The van der Waals surface area contributed by atoms with Crippen molar-refractivity contribution in [3.63, 3.8) is 0 Å². The van der Waals surface area contributed by atoms with Crippen LogP contribution in [0, 0.1) is 17.8 Å². The van der Waals surface area contributed by atoms with Crippen molar-refractivity contribution in [3.8, 4) is 0 Å². The Bertz CT molecular complexity index is 482. The molecular weight excluding hydrogens is 324 g/mol. The molecule has 2 heterocycles. The van der Waals surface area contributed by atoms with Crippen LogP contribution >= 0.6 is 0 Å². The zero-order chi connectivity index (χ0) is 17.0. The van der Waals surface area contributed by atoms with Gasteiger partial charge in [-0.25, -0.2) is 12.7 Å².